The number of hydrogen-bond donors (Lipinski definition) is 2. The van der Waals surface area contributed by atoms with E-state index in [0.717, 1.165) is 24.9 Å². The first kappa shape index (κ1) is 25.3. The molecule has 8 nitrogen and oxygen atoms in total. The molecule has 31 heavy (non-hydrogen) atoms. The van der Waals surface area contributed by atoms with Gasteiger partial charge in [0.1, 0.15) is 0 Å². The monoisotopic (exact) mass is 452 g/mol. The van der Waals surface area contributed by atoms with E-state index in [0.29, 0.717) is 13.1 Å². The third-order valence-electron chi connectivity index (χ3n) is 5.18. The van der Waals surface area contributed by atoms with E-state index in [-0.39, 0.29) is 41.3 Å². The van der Waals surface area contributed by atoms with Gasteiger partial charge in [-0.2, -0.15) is 0 Å². The molecule has 2 rings (SSSR count). The second-order valence-electron chi connectivity index (χ2n) is 9.46. The van der Waals surface area contributed by atoms with Gasteiger partial charge >= 0.3 is 0 Å². The number of nitrogens with zero attached hydrogens (tertiary/aromatic N) is 2. The Hall–Kier alpha value is -1.97. The minimum absolute atomic E-state index is 0.0176. The Balaban J connectivity index is 1.83. The topological polar surface area (TPSA) is 98.8 Å². The van der Waals surface area contributed by atoms with Gasteiger partial charge in [0.15, 0.2) is 0 Å². The van der Waals surface area contributed by atoms with E-state index in [1.165, 1.54) is 4.90 Å². The molecule has 0 spiro atoms. The Bertz CT molecular complexity index is 862. The average Bonchev–Trinajstić information content (AvgIpc) is 2.65. The number of amides is 2. The van der Waals surface area contributed by atoms with Crippen LogP contribution in [0.3, 0.4) is 0 Å². The summed E-state index contributed by atoms with van der Waals surface area (Å²) in [6.45, 7) is 9.61. The Kier molecular flexibility index (Phi) is 8.62. The molecule has 0 saturated carbocycles. The molecule has 1 aromatic rings. The zero-order valence-electron chi connectivity index (χ0n) is 19.3. The van der Waals surface area contributed by atoms with E-state index in [1.807, 2.05) is 32.6 Å². The van der Waals surface area contributed by atoms with Crippen LogP contribution < -0.4 is 10.0 Å². The van der Waals surface area contributed by atoms with Crippen LogP contribution in [0.2, 0.25) is 0 Å². The van der Waals surface area contributed by atoms with Crippen molar-refractivity contribution >= 4 is 21.8 Å². The van der Waals surface area contributed by atoms with Gasteiger partial charge in [-0.15, -0.1) is 0 Å². The van der Waals surface area contributed by atoms with Crippen LogP contribution in [0.5, 0.6) is 0 Å². The quantitative estimate of drug-likeness (QED) is 0.621. The van der Waals surface area contributed by atoms with Gasteiger partial charge in [0.05, 0.1) is 18.0 Å². The van der Waals surface area contributed by atoms with E-state index in [4.69, 9.17) is 0 Å². The van der Waals surface area contributed by atoms with Crippen LogP contribution >= 0.6 is 0 Å². The van der Waals surface area contributed by atoms with Crippen molar-refractivity contribution in [3.05, 3.63) is 29.8 Å². The van der Waals surface area contributed by atoms with E-state index in [1.54, 1.807) is 31.3 Å². The van der Waals surface area contributed by atoms with Crippen molar-refractivity contribution in [1.82, 2.24) is 19.8 Å². The number of carbonyl (C=O) groups is 2. The Labute approximate surface area is 186 Å². The molecule has 1 aromatic carbocycles. The minimum Gasteiger partial charge on any atom is -0.350 e. The van der Waals surface area contributed by atoms with E-state index < -0.39 is 10.0 Å². The van der Waals surface area contributed by atoms with Gasteiger partial charge in [-0.3, -0.25) is 14.5 Å². The SMILES string of the molecule is Cc1ccc(S(=O)(=O)NCC2CCCN(CC(=O)N(C)CC(=O)NC(C)(C)C)C2)cc1. The maximum atomic E-state index is 12.5. The van der Waals surface area contributed by atoms with Gasteiger partial charge < -0.3 is 10.2 Å². The van der Waals surface area contributed by atoms with Gasteiger partial charge in [0.25, 0.3) is 0 Å². The molecule has 1 heterocycles. The zero-order valence-corrected chi connectivity index (χ0v) is 20.1. The number of carbonyl (C=O) groups excluding carboxylic acids is 2. The summed E-state index contributed by atoms with van der Waals surface area (Å²) in [6, 6.07) is 6.77. The molecule has 0 radical (unpaired) electrons. The number of aryl methyl sites for hydroxylation is 1. The molecule has 1 aliphatic heterocycles. The van der Waals surface area contributed by atoms with Crippen molar-refractivity contribution in [2.75, 3.05) is 39.8 Å². The van der Waals surface area contributed by atoms with Crippen LogP contribution in [0.15, 0.2) is 29.2 Å². The molecule has 0 aliphatic carbocycles. The largest absolute Gasteiger partial charge is 0.350 e. The number of likely N-dealkylation sites (tertiary alicyclic amines) is 1. The number of hydrogen-bond acceptors (Lipinski definition) is 5. The van der Waals surface area contributed by atoms with Crippen LogP contribution in [0, 0.1) is 12.8 Å². The number of piperidine rings is 1. The molecular formula is C22H36N4O4S. The van der Waals surface area contributed by atoms with Gasteiger partial charge in [0.2, 0.25) is 21.8 Å². The molecule has 1 unspecified atom stereocenters. The molecule has 0 aromatic heterocycles. The summed E-state index contributed by atoms with van der Waals surface area (Å²) < 4.78 is 27.7. The highest BCUT2D eigenvalue weighted by Gasteiger charge is 2.25. The lowest BCUT2D eigenvalue weighted by atomic mass is 9.98. The fourth-order valence-corrected chi connectivity index (χ4v) is 4.68. The zero-order chi connectivity index (χ0) is 23.2. The second-order valence-corrected chi connectivity index (χ2v) is 11.2. The maximum Gasteiger partial charge on any atom is 0.240 e. The fourth-order valence-electron chi connectivity index (χ4n) is 3.56. The molecule has 1 saturated heterocycles. The molecular weight excluding hydrogens is 416 g/mol. The highest BCUT2D eigenvalue weighted by molar-refractivity contribution is 7.89. The molecule has 2 N–H and O–H groups in total. The van der Waals surface area contributed by atoms with E-state index in [2.05, 4.69) is 10.0 Å². The summed E-state index contributed by atoms with van der Waals surface area (Å²) in [6.07, 6.45) is 1.81. The third-order valence-corrected chi connectivity index (χ3v) is 6.62. The Morgan fingerprint density at radius 1 is 1.19 bits per heavy atom. The van der Waals surface area contributed by atoms with Crippen LogP contribution in [-0.2, 0) is 19.6 Å². The van der Waals surface area contributed by atoms with Crippen molar-refractivity contribution < 1.29 is 18.0 Å². The van der Waals surface area contributed by atoms with Crippen molar-refractivity contribution in [3.8, 4) is 0 Å². The standard InChI is InChI=1S/C22H36N4O4S/c1-17-8-10-19(11-9-17)31(29,30)23-13-18-7-6-12-26(14-18)16-21(28)25(5)15-20(27)24-22(2,3)4/h8-11,18,23H,6-7,12-16H2,1-5H3,(H,24,27). The summed E-state index contributed by atoms with van der Waals surface area (Å²) in [4.78, 5) is 28.3. The number of sulfonamides is 1. The molecule has 174 valence electrons. The second kappa shape index (κ2) is 10.6. The van der Waals surface area contributed by atoms with Crippen molar-refractivity contribution in [2.45, 2.75) is 51.0 Å². The molecule has 0 bridgehead atoms. The summed E-state index contributed by atoms with van der Waals surface area (Å²) in [5, 5.41) is 2.85. The fraction of sp³-hybridized carbons (Fsp3) is 0.636. The Morgan fingerprint density at radius 3 is 2.45 bits per heavy atom. The summed E-state index contributed by atoms with van der Waals surface area (Å²) in [5.74, 6) is -0.174. The molecule has 9 heteroatoms. The van der Waals surface area contributed by atoms with Crippen molar-refractivity contribution in [1.29, 1.82) is 0 Å². The van der Waals surface area contributed by atoms with Crippen LogP contribution in [-0.4, -0.2) is 75.3 Å². The van der Waals surface area contributed by atoms with Crippen LogP contribution in [0.1, 0.15) is 39.2 Å². The predicted molar refractivity (Wildman–Crippen MR) is 121 cm³/mol. The first-order valence-corrected chi connectivity index (χ1v) is 12.2. The van der Waals surface area contributed by atoms with Gasteiger partial charge in [-0.25, -0.2) is 13.1 Å². The maximum absolute atomic E-state index is 12.5. The minimum atomic E-state index is -3.55. The summed E-state index contributed by atoms with van der Waals surface area (Å²) in [7, 11) is -1.92. The molecule has 2 amide bonds. The van der Waals surface area contributed by atoms with Crippen LogP contribution in [0.4, 0.5) is 0 Å². The first-order valence-electron chi connectivity index (χ1n) is 10.7. The van der Waals surface area contributed by atoms with Crippen molar-refractivity contribution in [2.24, 2.45) is 5.92 Å². The predicted octanol–water partition coefficient (Wildman–Crippen LogP) is 1.36. The van der Waals surface area contributed by atoms with Crippen LogP contribution in [0.25, 0.3) is 0 Å². The lowest BCUT2D eigenvalue weighted by Crippen LogP contribution is -2.49. The smallest absolute Gasteiger partial charge is 0.240 e. The number of likely N-dealkylation sites (N-methyl/N-ethyl adjacent to an activating group) is 1. The summed E-state index contributed by atoms with van der Waals surface area (Å²) in [5.41, 5.74) is 0.667. The highest BCUT2D eigenvalue weighted by Crippen LogP contribution is 2.17. The number of nitrogens with one attached hydrogen (secondary N) is 2. The lowest BCUT2D eigenvalue weighted by molar-refractivity contribution is -0.136. The van der Waals surface area contributed by atoms with Gasteiger partial charge in [-0.1, -0.05) is 17.7 Å². The summed E-state index contributed by atoms with van der Waals surface area (Å²) >= 11 is 0. The normalized spacial score (nSPS) is 17.9. The third kappa shape index (κ3) is 8.59. The number of benzene rings is 1. The van der Waals surface area contributed by atoms with E-state index >= 15 is 0 Å². The lowest BCUT2D eigenvalue weighted by Gasteiger charge is -2.33. The van der Waals surface area contributed by atoms with Gasteiger partial charge in [0, 0.05) is 25.7 Å². The van der Waals surface area contributed by atoms with E-state index in [9.17, 15) is 18.0 Å². The average molecular weight is 453 g/mol. The molecule has 1 fully saturated rings. The van der Waals surface area contributed by atoms with Gasteiger partial charge in [-0.05, 0) is 65.1 Å². The highest BCUT2D eigenvalue weighted by atomic mass is 32.2. The molecule has 1 aliphatic rings. The number of rotatable bonds is 8. The Morgan fingerprint density at radius 2 is 1.84 bits per heavy atom. The first-order chi connectivity index (χ1) is 14.4. The van der Waals surface area contributed by atoms with Crippen molar-refractivity contribution in [3.63, 3.8) is 0 Å². The molecule has 1 atom stereocenters.